The van der Waals surface area contributed by atoms with Crippen LogP contribution in [0.1, 0.15) is 22.3 Å². The van der Waals surface area contributed by atoms with Gasteiger partial charge in [0.05, 0.1) is 33.4 Å². The van der Waals surface area contributed by atoms with Crippen LogP contribution >= 0.6 is 0 Å². The molecule has 0 aliphatic heterocycles. The first-order valence-corrected chi connectivity index (χ1v) is 20.5. The molecule has 8 aromatic carbocycles. The zero-order chi connectivity index (χ0) is 40.5. The topological polar surface area (TPSA) is 48.5 Å². The molecule has 286 valence electrons. The van der Waals surface area contributed by atoms with E-state index < -0.39 is 0 Å². The quantitative estimate of drug-likeness (QED) is 0.169. The molecule has 3 heterocycles. The summed E-state index contributed by atoms with van der Waals surface area (Å²) in [4.78, 5) is 15.4. The van der Waals surface area contributed by atoms with Gasteiger partial charge in [0.25, 0.3) is 0 Å². The lowest BCUT2D eigenvalue weighted by atomic mass is 9.98. The average Bonchev–Trinajstić information content (AvgIpc) is 3.77. The molecule has 0 bridgehead atoms. The number of nitrogens with zero attached hydrogens (tertiary/aromatic N) is 5. The lowest BCUT2D eigenvalue weighted by Gasteiger charge is -2.20. The van der Waals surface area contributed by atoms with Gasteiger partial charge in [0.2, 0.25) is 0 Å². The van der Waals surface area contributed by atoms with Crippen molar-refractivity contribution < 1.29 is 0 Å². The van der Waals surface area contributed by atoms with Gasteiger partial charge in [-0.25, -0.2) is 15.0 Å². The fourth-order valence-electron chi connectivity index (χ4n) is 8.94. The molecule has 5 heteroatoms. The lowest BCUT2D eigenvalue weighted by Crippen LogP contribution is -2.03. The number of hydrogen-bond donors (Lipinski definition) is 0. The molecular formula is C55H41N5. The molecule has 0 radical (unpaired) electrons. The summed E-state index contributed by atoms with van der Waals surface area (Å²) in [5, 5.41) is 4.97. The molecule has 0 fully saturated rings. The van der Waals surface area contributed by atoms with Crippen molar-refractivity contribution in [3.05, 3.63) is 198 Å². The van der Waals surface area contributed by atoms with Crippen LogP contribution < -0.4 is 0 Å². The zero-order valence-corrected chi connectivity index (χ0v) is 34.0. The predicted octanol–water partition coefficient (Wildman–Crippen LogP) is 14.0. The van der Waals surface area contributed by atoms with Crippen LogP contribution in [0.25, 0.3) is 100 Å². The van der Waals surface area contributed by atoms with Crippen molar-refractivity contribution >= 4 is 43.6 Å². The molecule has 0 saturated carbocycles. The summed E-state index contributed by atoms with van der Waals surface area (Å²) in [6.45, 7) is 8.69. The van der Waals surface area contributed by atoms with Crippen molar-refractivity contribution in [3.8, 4) is 56.7 Å². The summed E-state index contributed by atoms with van der Waals surface area (Å²) in [7, 11) is 0. The van der Waals surface area contributed by atoms with E-state index in [1.165, 1.54) is 54.8 Å². The Labute approximate surface area is 348 Å². The largest absolute Gasteiger partial charge is 0.309 e. The van der Waals surface area contributed by atoms with E-state index in [1.807, 2.05) is 36.4 Å². The minimum Gasteiger partial charge on any atom is -0.309 e. The average molecular weight is 772 g/mol. The van der Waals surface area contributed by atoms with Crippen LogP contribution in [-0.2, 0) is 0 Å². The minimum atomic E-state index is 0.615. The van der Waals surface area contributed by atoms with Crippen molar-refractivity contribution in [2.75, 3.05) is 0 Å². The maximum absolute atomic E-state index is 5.18. The Morgan fingerprint density at radius 3 is 1.10 bits per heavy atom. The molecule has 0 N–H and O–H groups in total. The SMILES string of the molecule is Cc1ccc2c(c1)c1cc(C)ccc1n2-c1ccccc1-c1cc(-c2nc(-c3ccccc3)nc(-c3ccccc3)n2)ccc1-n1c2ccc(C)cc2c2cc(C)ccc21. The molecule has 3 aromatic heterocycles. The number of fused-ring (bicyclic) bond motifs is 6. The fraction of sp³-hybridized carbons (Fsp3) is 0.0727. The first kappa shape index (κ1) is 35.5. The Kier molecular flexibility index (Phi) is 8.31. The highest BCUT2D eigenvalue weighted by molar-refractivity contribution is 6.12. The van der Waals surface area contributed by atoms with E-state index in [1.54, 1.807) is 0 Å². The summed E-state index contributed by atoms with van der Waals surface area (Å²) < 4.78 is 4.88. The minimum absolute atomic E-state index is 0.615. The molecule has 0 unspecified atom stereocenters. The van der Waals surface area contributed by atoms with Gasteiger partial charge in [0.15, 0.2) is 17.5 Å². The second-order valence-corrected chi connectivity index (χ2v) is 16.0. The van der Waals surface area contributed by atoms with E-state index in [9.17, 15) is 0 Å². The number of aryl methyl sites for hydroxylation is 4. The molecule has 0 aliphatic carbocycles. The van der Waals surface area contributed by atoms with Gasteiger partial charge in [-0.2, -0.15) is 0 Å². The summed E-state index contributed by atoms with van der Waals surface area (Å²) in [5.41, 5.74) is 16.7. The molecule has 0 spiro atoms. The Hall–Kier alpha value is -7.63. The first-order valence-electron chi connectivity index (χ1n) is 20.5. The van der Waals surface area contributed by atoms with Crippen molar-refractivity contribution in [3.63, 3.8) is 0 Å². The smallest absolute Gasteiger partial charge is 0.164 e. The van der Waals surface area contributed by atoms with E-state index in [-0.39, 0.29) is 0 Å². The molecule has 11 rings (SSSR count). The van der Waals surface area contributed by atoms with E-state index >= 15 is 0 Å². The Morgan fingerprint density at radius 2 is 0.667 bits per heavy atom. The van der Waals surface area contributed by atoms with E-state index in [2.05, 4.69) is 176 Å². The van der Waals surface area contributed by atoms with Crippen LogP contribution in [0.4, 0.5) is 0 Å². The second-order valence-electron chi connectivity index (χ2n) is 16.0. The fourth-order valence-corrected chi connectivity index (χ4v) is 8.94. The molecule has 11 aromatic rings. The number of para-hydroxylation sites is 1. The highest BCUT2D eigenvalue weighted by atomic mass is 15.0. The van der Waals surface area contributed by atoms with Crippen molar-refractivity contribution in [1.82, 2.24) is 24.1 Å². The Balaban J connectivity index is 1.23. The molecule has 0 amide bonds. The number of benzene rings is 8. The normalized spacial score (nSPS) is 11.7. The van der Waals surface area contributed by atoms with Gasteiger partial charge in [-0.1, -0.05) is 125 Å². The molecule has 5 nitrogen and oxygen atoms in total. The predicted molar refractivity (Wildman–Crippen MR) is 249 cm³/mol. The molecule has 0 atom stereocenters. The highest BCUT2D eigenvalue weighted by Crippen LogP contribution is 2.42. The van der Waals surface area contributed by atoms with Gasteiger partial charge in [-0.3, -0.25) is 0 Å². The standard InChI is InChI=1S/C55H41N5/c1-34-19-24-48-42(29-34)43-30-35(2)20-25-49(43)59(48)47-18-12-11-17-41(47)46-33-40(55-57-53(38-13-7-5-8-14-38)56-54(58-55)39-15-9-6-10-16-39)23-28-52(46)60-50-26-21-36(3)31-44(50)45-32-37(4)22-27-51(45)60/h5-33H,1-4H3. The first-order chi connectivity index (χ1) is 29.4. The van der Waals surface area contributed by atoms with Crippen LogP contribution in [0.15, 0.2) is 176 Å². The monoisotopic (exact) mass is 771 g/mol. The van der Waals surface area contributed by atoms with Crippen LogP contribution in [0, 0.1) is 27.7 Å². The van der Waals surface area contributed by atoms with Crippen LogP contribution in [0.5, 0.6) is 0 Å². The maximum atomic E-state index is 5.18. The van der Waals surface area contributed by atoms with Crippen molar-refractivity contribution in [2.24, 2.45) is 0 Å². The molecule has 0 aliphatic rings. The van der Waals surface area contributed by atoms with Gasteiger partial charge in [0, 0.05) is 49.4 Å². The second kappa shape index (κ2) is 14.0. The summed E-state index contributed by atoms with van der Waals surface area (Å²) in [5.74, 6) is 1.88. The number of rotatable bonds is 6. The van der Waals surface area contributed by atoms with Gasteiger partial charge < -0.3 is 9.13 Å². The highest BCUT2D eigenvalue weighted by Gasteiger charge is 2.22. The van der Waals surface area contributed by atoms with Gasteiger partial charge in [-0.05, 0) is 100 Å². The van der Waals surface area contributed by atoms with Crippen molar-refractivity contribution in [1.29, 1.82) is 0 Å². The van der Waals surface area contributed by atoms with E-state index in [4.69, 9.17) is 15.0 Å². The summed E-state index contributed by atoms with van der Waals surface area (Å²) in [6, 6.07) is 63.1. The summed E-state index contributed by atoms with van der Waals surface area (Å²) in [6.07, 6.45) is 0. The van der Waals surface area contributed by atoms with E-state index in [0.717, 1.165) is 50.2 Å². The van der Waals surface area contributed by atoms with Gasteiger partial charge >= 0.3 is 0 Å². The third kappa shape index (κ3) is 5.89. The van der Waals surface area contributed by atoms with Crippen LogP contribution in [0.3, 0.4) is 0 Å². The molecular weight excluding hydrogens is 731 g/mol. The zero-order valence-electron chi connectivity index (χ0n) is 34.0. The van der Waals surface area contributed by atoms with Crippen LogP contribution in [0.2, 0.25) is 0 Å². The number of hydrogen-bond acceptors (Lipinski definition) is 3. The Bertz CT molecular complexity index is 3290. The third-order valence-corrected chi connectivity index (χ3v) is 11.8. The Morgan fingerprint density at radius 1 is 0.300 bits per heavy atom. The van der Waals surface area contributed by atoms with Gasteiger partial charge in [-0.15, -0.1) is 0 Å². The van der Waals surface area contributed by atoms with Crippen LogP contribution in [-0.4, -0.2) is 24.1 Å². The van der Waals surface area contributed by atoms with Gasteiger partial charge in [0.1, 0.15) is 0 Å². The summed E-state index contributed by atoms with van der Waals surface area (Å²) >= 11 is 0. The third-order valence-electron chi connectivity index (χ3n) is 11.8. The van der Waals surface area contributed by atoms with Crippen molar-refractivity contribution in [2.45, 2.75) is 27.7 Å². The maximum Gasteiger partial charge on any atom is 0.164 e. The molecule has 60 heavy (non-hydrogen) atoms. The molecule has 0 saturated heterocycles. The lowest BCUT2D eigenvalue weighted by molar-refractivity contribution is 1.07. The number of aromatic nitrogens is 5. The van der Waals surface area contributed by atoms with E-state index in [0.29, 0.717) is 17.5 Å².